The number of hydrogen-bond donors (Lipinski definition) is 1. The van der Waals surface area contributed by atoms with Gasteiger partial charge in [0.25, 0.3) is 0 Å². The predicted octanol–water partition coefficient (Wildman–Crippen LogP) is 3.13. The van der Waals surface area contributed by atoms with Crippen molar-refractivity contribution < 1.29 is 0 Å². The summed E-state index contributed by atoms with van der Waals surface area (Å²) in [5, 5.41) is 0.954. The van der Waals surface area contributed by atoms with Gasteiger partial charge in [-0.15, -0.1) is 11.8 Å². The Morgan fingerprint density at radius 1 is 1.42 bits per heavy atom. The maximum absolute atomic E-state index is 5.77. The van der Waals surface area contributed by atoms with Gasteiger partial charge < -0.3 is 5.73 Å². The standard InChI is InChI=1S/C9H12ClNS/c1-2-9(11)12-8-5-3-7(10)4-6-8/h3-6,9H,2,11H2,1H3. The molecule has 0 fully saturated rings. The van der Waals surface area contributed by atoms with Gasteiger partial charge in [0.2, 0.25) is 0 Å². The van der Waals surface area contributed by atoms with Crippen molar-refractivity contribution in [3.05, 3.63) is 29.3 Å². The van der Waals surface area contributed by atoms with Crippen LogP contribution < -0.4 is 5.73 Å². The molecule has 0 saturated heterocycles. The van der Waals surface area contributed by atoms with E-state index in [0.717, 1.165) is 11.4 Å². The smallest absolute Gasteiger partial charge is 0.0551 e. The second-order valence-corrected chi connectivity index (χ2v) is 4.27. The first-order chi connectivity index (χ1) is 5.72. The van der Waals surface area contributed by atoms with E-state index in [4.69, 9.17) is 17.3 Å². The first-order valence-corrected chi connectivity index (χ1v) is 5.16. The van der Waals surface area contributed by atoms with Gasteiger partial charge in [0.15, 0.2) is 0 Å². The van der Waals surface area contributed by atoms with Crippen LogP contribution in [0.4, 0.5) is 0 Å². The molecule has 1 aromatic carbocycles. The zero-order chi connectivity index (χ0) is 8.97. The summed E-state index contributed by atoms with van der Waals surface area (Å²) in [7, 11) is 0. The monoisotopic (exact) mass is 201 g/mol. The highest BCUT2D eigenvalue weighted by Gasteiger charge is 2.00. The third kappa shape index (κ3) is 3.05. The molecule has 0 aliphatic rings. The molecular formula is C9H12ClNS. The zero-order valence-electron chi connectivity index (χ0n) is 6.96. The van der Waals surface area contributed by atoms with Crippen LogP contribution in [-0.4, -0.2) is 5.37 Å². The second-order valence-electron chi connectivity index (χ2n) is 2.52. The summed E-state index contributed by atoms with van der Waals surface area (Å²) >= 11 is 7.41. The minimum absolute atomic E-state index is 0.186. The van der Waals surface area contributed by atoms with Gasteiger partial charge in [-0.3, -0.25) is 0 Å². The van der Waals surface area contributed by atoms with E-state index in [0.29, 0.717) is 0 Å². The van der Waals surface area contributed by atoms with Crippen molar-refractivity contribution in [2.45, 2.75) is 23.6 Å². The first-order valence-electron chi connectivity index (χ1n) is 3.90. The van der Waals surface area contributed by atoms with E-state index in [1.54, 1.807) is 11.8 Å². The molecule has 3 heteroatoms. The Labute approximate surface area is 82.3 Å². The molecule has 1 aromatic rings. The molecule has 0 aromatic heterocycles. The van der Waals surface area contributed by atoms with Gasteiger partial charge in [-0.2, -0.15) is 0 Å². The van der Waals surface area contributed by atoms with E-state index in [1.165, 1.54) is 4.90 Å². The summed E-state index contributed by atoms with van der Waals surface area (Å²) in [5.41, 5.74) is 5.77. The molecule has 1 rings (SSSR count). The van der Waals surface area contributed by atoms with Crippen molar-refractivity contribution in [2.24, 2.45) is 5.73 Å². The van der Waals surface area contributed by atoms with Crippen molar-refractivity contribution in [2.75, 3.05) is 0 Å². The fourth-order valence-corrected chi connectivity index (χ4v) is 1.71. The Bertz CT molecular complexity index is 235. The Morgan fingerprint density at radius 2 is 2.00 bits per heavy atom. The van der Waals surface area contributed by atoms with Crippen molar-refractivity contribution in [3.8, 4) is 0 Å². The van der Waals surface area contributed by atoms with Crippen LogP contribution in [0.1, 0.15) is 13.3 Å². The molecule has 0 spiro atoms. The van der Waals surface area contributed by atoms with Crippen LogP contribution in [0.2, 0.25) is 5.02 Å². The summed E-state index contributed by atoms with van der Waals surface area (Å²) < 4.78 is 0. The molecule has 0 aliphatic heterocycles. The lowest BCUT2D eigenvalue weighted by atomic mass is 10.4. The maximum Gasteiger partial charge on any atom is 0.0551 e. The topological polar surface area (TPSA) is 26.0 Å². The molecule has 0 amide bonds. The molecule has 1 nitrogen and oxygen atoms in total. The Hall–Kier alpha value is -0.180. The molecular weight excluding hydrogens is 190 g/mol. The number of hydrogen-bond acceptors (Lipinski definition) is 2. The third-order valence-electron chi connectivity index (χ3n) is 1.50. The van der Waals surface area contributed by atoms with Crippen LogP contribution in [0.15, 0.2) is 29.2 Å². The van der Waals surface area contributed by atoms with E-state index in [9.17, 15) is 0 Å². The normalized spacial score (nSPS) is 12.9. The van der Waals surface area contributed by atoms with Crippen LogP contribution in [0.3, 0.4) is 0 Å². The van der Waals surface area contributed by atoms with Crippen LogP contribution in [-0.2, 0) is 0 Å². The van der Waals surface area contributed by atoms with Crippen LogP contribution in [0, 0.1) is 0 Å². The second kappa shape index (κ2) is 4.75. The highest BCUT2D eigenvalue weighted by Crippen LogP contribution is 2.23. The average molecular weight is 202 g/mol. The fraction of sp³-hybridized carbons (Fsp3) is 0.333. The molecule has 66 valence electrons. The molecule has 1 atom stereocenters. The lowest BCUT2D eigenvalue weighted by Gasteiger charge is -2.07. The lowest BCUT2D eigenvalue weighted by Crippen LogP contribution is -2.12. The zero-order valence-corrected chi connectivity index (χ0v) is 8.53. The van der Waals surface area contributed by atoms with Crippen molar-refractivity contribution in [3.63, 3.8) is 0 Å². The molecule has 1 unspecified atom stereocenters. The summed E-state index contributed by atoms with van der Waals surface area (Å²) in [6, 6.07) is 7.74. The summed E-state index contributed by atoms with van der Waals surface area (Å²) in [6.45, 7) is 2.08. The number of benzene rings is 1. The number of nitrogens with two attached hydrogens (primary N) is 1. The maximum atomic E-state index is 5.77. The summed E-state index contributed by atoms with van der Waals surface area (Å²) in [5.74, 6) is 0. The van der Waals surface area contributed by atoms with Gasteiger partial charge in [0, 0.05) is 9.92 Å². The predicted molar refractivity (Wildman–Crippen MR) is 55.6 cm³/mol. The molecule has 0 aliphatic carbocycles. The highest BCUT2D eigenvalue weighted by atomic mass is 35.5. The number of halogens is 1. The lowest BCUT2D eigenvalue weighted by molar-refractivity contribution is 0.868. The van der Waals surface area contributed by atoms with E-state index in [1.807, 2.05) is 24.3 Å². The molecule has 0 bridgehead atoms. The van der Waals surface area contributed by atoms with E-state index in [-0.39, 0.29) is 5.37 Å². The Morgan fingerprint density at radius 3 is 2.50 bits per heavy atom. The highest BCUT2D eigenvalue weighted by molar-refractivity contribution is 7.99. The van der Waals surface area contributed by atoms with Gasteiger partial charge in [0.05, 0.1) is 5.37 Å². The van der Waals surface area contributed by atoms with Crippen molar-refractivity contribution >= 4 is 23.4 Å². The molecule has 0 radical (unpaired) electrons. The average Bonchev–Trinajstić information content (AvgIpc) is 2.09. The molecule has 0 saturated carbocycles. The van der Waals surface area contributed by atoms with E-state index < -0.39 is 0 Å². The SMILES string of the molecule is CCC(N)Sc1ccc(Cl)cc1. The Kier molecular flexibility index (Phi) is 3.92. The minimum atomic E-state index is 0.186. The van der Waals surface area contributed by atoms with Gasteiger partial charge in [0.1, 0.15) is 0 Å². The summed E-state index contributed by atoms with van der Waals surface area (Å²) in [6.07, 6.45) is 0.979. The van der Waals surface area contributed by atoms with Crippen molar-refractivity contribution in [1.29, 1.82) is 0 Å². The molecule has 12 heavy (non-hydrogen) atoms. The minimum Gasteiger partial charge on any atom is -0.319 e. The van der Waals surface area contributed by atoms with E-state index >= 15 is 0 Å². The van der Waals surface area contributed by atoms with Crippen molar-refractivity contribution in [1.82, 2.24) is 0 Å². The molecule has 2 N–H and O–H groups in total. The number of thioether (sulfide) groups is 1. The molecule has 0 heterocycles. The fourth-order valence-electron chi connectivity index (χ4n) is 0.771. The van der Waals surface area contributed by atoms with Gasteiger partial charge in [-0.25, -0.2) is 0 Å². The largest absolute Gasteiger partial charge is 0.319 e. The summed E-state index contributed by atoms with van der Waals surface area (Å²) in [4.78, 5) is 1.17. The van der Waals surface area contributed by atoms with Crippen LogP contribution >= 0.6 is 23.4 Å². The van der Waals surface area contributed by atoms with Gasteiger partial charge in [-0.1, -0.05) is 18.5 Å². The number of rotatable bonds is 3. The quantitative estimate of drug-likeness (QED) is 0.601. The Balaban J connectivity index is 2.58. The van der Waals surface area contributed by atoms with Crippen LogP contribution in [0.25, 0.3) is 0 Å². The van der Waals surface area contributed by atoms with Crippen LogP contribution in [0.5, 0.6) is 0 Å². The van der Waals surface area contributed by atoms with E-state index in [2.05, 4.69) is 6.92 Å². The third-order valence-corrected chi connectivity index (χ3v) is 2.94. The van der Waals surface area contributed by atoms with Gasteiger partial charge >= 0.3 is 0 Å². The van der Waals surface area contributed by atoms with Gasteiger partial charge in [-0.05, 0) is 30.7 Å². The first kappa shape index (κ1) is 9.90.